The summed E-state index contributed by atoms with van der Waals surface area (Å²) in [5, 5.41) is 23.8. The number of ether oxygens (including phenoxy) is 1. The Morgan fingerprint density at radius 1 is 0.492 bits per heavy atom. The minimum absolute atomic E-state index is 0.0731. The fraction of sp³-hybridized carbons (Fsp3) is 0.855. The smallest absolute Gasteiger partial charge is 0.306 e. The van der Waals surface area contributed by atoms with Gasteiger partial charge in [-0.15, -0.1) is 0 Å². The minimum atomic E-state index is -0.788. The zero-order valence-electron chi connectivity index (χ0n) is 40.8. The lowest BCUT2D eigenvalue weighted by atomic mass is 10.0. The Kier molecular flexibility index (Phi) is 47.6. The van der Waals surface area contributed by atoms with E-state index in [1.165, 1.54) is 161 Å². The molecule has 0 aromatic rings. The third kappa shape index (κ3) is 44.5. The van der Waals surface area contributed by atoms with E-state index < -0.39 is 18.2 Å². The normalized spacial score (nSPS) is 13.5. The number of hydrogen-bond donors (Lipinski definition) is 3. The van der Waals surface area contributed by atoms with E-state index in [4.69, 9.17) is 4.74 Å². The van der Waals surface area contributed by atoms with Gasteiger partial charge in [-0.3, -0.25) is 9.59 Å². The Hall–Kier alpha value is -1.92. The highest BCUT2D eigenvalue weighted by molar-refractivity contribution is 5.77. The van der Waals surface area contributed by atoms with Crippen LogP contribution in [0.25, 0.3) is 0 Å². The first-order chi connectivity index (χ1) is 30.0. The summed E-state index contributed by atoms with van der Waals surface area (Å²) >= 11 is 0. The molecular weight excluding hydrogens is 755 g/mol. The highest BCUT2D eigenvalue weighted by Crippen LogP contribution is 2.18. The van der Waals surface area contributed by atoms with Crippen molar-refractivity contribution in [2.24, 2.45) is 0 Å². The van der Waals surface area contributed by atoms with Crippen molar-refractivity contribution < 1.29 is 24.5 Å². The molecule has 6 heteroatoms. The molecule has 0 aromatic carbocycles. The summed E-state index contributed by atoms with van der Waals surface area (Å²) in [6.45, 7) is 6.37. The zero-order valence-corrected chi connectivity index (χ0v) is 40.8. The summed E-state index contributed by atoms with van der Waals surface area (Å²) in [5.41, 5.74) is 0. The van der Waals surface area contributed by atoms with E-state index in [2.05, 4.69) is 62.5 Å². The van der Waals surface area contributed by atoms with Crippen LogP contribution >= 0.6 is 0 Å². The second kappa shape index (κ2) is 49.1. The van der Waals surface area contributed by atoms with Crippen molar-refractivity contribution in [2.75, 3.05) is 6.61 Å². The van der Waals surface area contributed by atoms with Gasteiger partial charge in [-0.1, -0.05) is 256 Å². The molecular formula is C55H103NO5. The number of aliphatic hydroxyl groups is 2. The van der Waals surface area contributed by atoms with E-state index in [-0.39, 0.29) is 24.9 Å². The van der Waals surface area contributed by atoms with Gasteiger partial charge in [-0.25, -0.2) is 0 Å². The van der Waals surface area contributed by atoms with Gasteiger partial charge in [0.05, 0.1) is 25.2 Å². The quantitative estimate of drug-likeness (QED) is 0.0322. The minimum Gasteiger partial charge on any atom is -0.462 e. The van der Waals surface area contributed by atoms with Crippen molar-refractivity contribution in [1.29, 1.82) is 0 Å². The molecule has 0 radical (unpaired) electrons. The molecule has 61 heavy (non-hydrogen) atoms. The molecule has 3 N–H and O–H groups in total. The average molecular weight is 858 g/mol. The summed E-state index contributed by atoms with van der Waals surface area (Å²) in [5.74, 6) is -0.486. The Labute approximate surface area is 379 Å². The fourth-order valence-electron chi connectivity index (χ4n) is 8.26. The Morgan fingerprint density at radius 3 is 1.33 bits per heavy atom. The van der Waals surface area contributed by atoms with Gasteiger partial charge in [-0.05, 0) is 44.9 Å². The van der Waals surface area contributed by atoms with E-state index in [0.717, 1.165) is 70.6 Å². The second-order valence-electron chi connectivity index (χ2n) is 18.3. The molecule has 3 atom stereocenters. The first-order valence-electron chi connectivity index (χ1n) is 26.7. The van der Waals surface area contributed by atoms with E-state index in [0.29, 0.717) is 19.3 Å². The molecule has 0 aromatic heterocycles. The van der Waals surface area contributed by atoms with Gasteiger partial charge in [0.15, 0.2) is 0 Å². The molecule has 1 amide bonds. The standard InChI is InChI=1S/C55H103NO5/c1-4-7-10-13-16-19-22-25-26-27-28-30-32-35-38-41-44-47-53(58)52(50-57)56-54(59)49-51(46-43-40-37-34-31-24-21-18-15-12-9-6-3)61-55(60)48-45-42-39-36-33-29-23-20-17-14-11-8-5-2/h8,11,14,17,20,23,51-53,57-58H,4-7,9-10,12-13,15-16,18-19,21-22,24-50H2,1-3H3,(H,56,59)/b11-8+,17-14+,23-20-. The lowest BCUT2D eigenvalue weighted by Gasteiger charge is -2.24. The molecule has 0 saturated carbocycles. The molecule has 0 rings (SSSR count). The first kappa shape index (κ1) is 59.1. The number of aliphatic hydroxyl groups excluding tert-OH is 2. The van der Waals surface area contributed by atoms with Gasteiger partial charge < -0.3 is 20.3 Å². The largest absolute Gasteiger partial charge is 0.462 e. The molecule has 0 heterocycles. The van der Waals surface area contributed by atoms with Gasteiger partial charge in [0.25, 0.3) is 0 Å². The molecule has 0 bridgehead atoms. The lowest BCUT2D eigenvalue weighted by molar-refractivity contribution is -0.151. The molecule has 0 spiro atoms. The number of carbonyl (C=O) groups is 2. The molecule has 0 aliphatic heterocycles. The van der Waals surface area contributed by atoms with Crippen molar-refractivity contribution in [3.8, 4) is 0 Å². The van der Waals surface area contributed by atoms with E-state index in [1.54, 1.807) is 0 Å². The predicted molar refractivity (Wildman–Crippen MR) is 264 cm³/mol. The number of esters is 1. The monoisotopic (exact) mass is 858 g/mol. The number of unbranched alkanes of at least 4 members (excludes halogenated alkanes) is 32. The summed E-state index contributed by atoms with van der Waals surface area (Å²) in [4.78, 5) is 26.1. The van der Waals surface area contributed by atoms with Crippen LogP contribution in [0.2, 0.25) is 0 Å². The third-order valence-electron chi connectivity index (χ3n) is 12.3. The fourth-order valence-corrected chi connectivity index (χ4v) is 8.26. The van der Waals surface area contributed by atoms with Gasteiger partial charge in [0.1, 0.15) is 6.10 Å². The van der Waals surface area contributed by atoms with Crippen LogP contribution < -0.4 is 5.32 Å². The lowest BCUT2D eigenvalue weighted by Crippen LogP contribution is -2.46. The first-order valence-corrected chi connectivity index (χ1v) is 26.7. The van der Waals surface area contributed by atoms with E-state index in [9.17, 15) is 19.8 Å². The summed E-state index contributed by atoms with van der Waals surface area (Å²) in [7, 11) is 0. The second-order valence-corrected chi connectivity index (χ2v) is 18.3. The Balaban J connectivity index is 4.49. The number of rotatable bonds is 48. The number of allylic oxidation sites excluding steroid dienone is 6. The number of amides is 1. The van der Waals surface area contributed by atoms with Crippen LogP contribution in [0.4, 0.5) is 0 Å². The molecule has 0 fully saturated rings. The van der Waals surface area contributed by atoms with Gasteiger partial charge in [0, 0.05) is 6.42 Å². The number of carbonyl (C=O) groups excluding carboxylic acids is 2. The van der Waals surface area contributed by atoms with Crippen LogP contribution in [-0.4, -0.2) is 46.9 Å². The van der Waals surface area contributed by atoms with Crippen LogP contribution in [0.15, 0.2) is 36.5 Å². The van der Waals surface area contributed by atoms with Crippen LogP contribution in [0.1, 0.15) is 278 Å². The molecule has 0 saturated heterocycles. The molecule has 358 valence electrons. The maximum absolute atomic E-state index is 13.2. The number of nitrogens with one attached hydrogen (secondary N) is 1. The molecule has 3 unspecified atom stereocenters. The molecule has 0 aliphatic rings. The molecule has 6 nitrogen and oxygen atoms in total. The summed E-state index contributed by atoms with van der Waals surface area (Å²) in [6, 6.07) is -0.702. The van der Waals surface area contributed by atoms with Crippen molar-refractivity contribution >= 4 is 11.9 Å². The van der Waals surface area contributed by atoms with Crippen LogP contribution in [0.3, 0.4) is 0 Å². The van der Waals surface area contributed by atoms with E-state index in [1.807, 2.05) is 0 Å². The summed E-state index contributed by atoms with van der Waals surface area (Å²) in [6.07, 6.45) is 57.8. The van der Waals surface area contributed by atoms with Crippen molar-refractivity contribution in [1.82, 2.24) is 5.32 Å². The van der Waals surface area contributed by atoms with Crippen molar-refractivity contribution in [3.63, 3.8) is 0 Å². The Bertz CT molecular complexity index is 1010. The average Bonchev–Trinajstić information content (AvgIpc) is 3.25. The number of hydrogen-bond acceptors (Lipinski definition) is 5. The van der Waals surface area contributed by atoms with Gasteiger partial charge >= 0.3 is 5.97 Å². The van der Waals surface area contributed by atoms with Crippen LogP contribution in [0.5, 0.6) is 0 Å². The Morgan fingerprint density at radius 2 is 0.885 bits per heavy atom. The van der Waals surface area contributed by atoms with Gasteiger partial charge in [0.2, 0.25) is 5.91 Å². The zero-order chi connectivity index (χ0) is 44.5. The third-order valence-corrected chi connectivity index (χ3v) is 12.3. The van der Waals surface area contributed by atoms with Crippen molar-refractivity contribution in [2.45, 2.75) is 296 Å². The maximum atomic E-state index is 13.2. The van der Waals surface area contributed by atoms with Crippen LogP contribution in [-0.2, 0) is 14.3 Å². The summed E-state index contributed by atoms with van der Waals surface area (Å²) < 4.78 is 5.93. The van der Waals surface area contributed by atoms with Gasteiger partial charge in [-0.2, -0.15) is 0 Å². The topological polar surface area (TPSA) is 95.9 Å². The highest BCUT2D eigenvalue weighted by Gasteiger charge is 2.24. The predicted octanol–water partition coefficient (Wildman–Crippen LogP) is 16.1. The maximum Gasteiger partial charge on any atom is 0.306 e. The van der Waals surface area contributed by atoms with Crippen LogP contribution in [0, 0.1) is 0 Å². The van der Waals surface area contributed by atoms with E-state index >= 15 is 0 Å². The SMILES string of the molecule is CC/C=C/C=C/C=C\CCCCCCCC(=O)OC(CCCCCCCCCCCCCC)CC(=O)NC(CO)C(O)CCCCCCCCCCCCCCCCCCC. The van der Waals surface area contributed by atoms with Crippen molar-refractivity contribution in [3.05, 3.63) is 36.5 Å². The highest BCUT2D eigenvalue weighted by atomic mass is 16.5. The molecule has 0 aliphatic carbocycles.